The third-order valence-electron chi connectivity index (χ3n) is 5.94. The van der Waals surface area contributed by atoms with Crippen molar-refractivity contribution in [2.24, 2.45) is 5.10 Å². The average molecular weight is 562 g/mol. The van der Waals surface area contributed by atoms with Crippen LogP contribution in [0.4, 0.5) is 5.69 Å². The van der Waals surface area contributed by atoms with E-state index in [4.69, 9.17) is 9.47 Å². The summed E-state index contributed by atoms with van der Waals surface area (Å²) >= 11 is 1.33. The Morgan fingerprint density at radius 2 is 1.32 bits per heavy atom. The Morgan fingerprint density at radius 1 is 0.707 bits per heavy atom. The molecule has 5 rings (SSSR count). The summed E-state index contributed by atoms with van der Waals surface area (Å²) in [6.07, 6.45) is 1.52. The van der Waals surface area contributed by atoms with E-state index in [9.17, 15) is 9.59 Å². The van der Waals surface area contributed by atoms with E-state index in [1.807, 2.05) is 84.2 Å². The van der Waals surface area contributed by atoms with Crippen LogP contribution in [0.1, 0.15) is 36.7 Å². The molecule has 204 valence electrons. The van der Waals surface area contributed by atoms with Gasteiger partial charge in [-0.05, 0) is 46.8 Å². The lowest BCUT2D eigenvalue weighted by molar-refractivity contribution is 0.0956. The van der Waals surface area contributed by atoms with Crippen LogP contribution >= 0.6 is 11.3 Å². The number of hydrogen-bond donors (Lipinski definition) is 2. The molecule has 4 aromatic carbocycles. The van der Waals surface area contributed by atoms with Gasteiger partial charge in [0.25, 0.3) is 11.8 Å². The lowest BCUT2D eigenvalue weighted by Gasteiger charge is -2.12. The van der Waals surface area contributed by atoms with Crippen molar-refractivity contribution in [3.8, 4) is 11.5 Å². The highest BCUT2D eigenvalue weighted by molar-refractivity contribution is 7.12. The summed E-state index contributed by atoms with van der Waals surface area (Å²) in [7, 11) is 0. The molecule has 0 saturated heterocycles. The summed E-state index contributed by atoms with van der Waals surface area (Å²) < 4.78 is 12.1. The van der Waals surface area contributed by atoms with Crippen LogP contribution in [0, 0.1) is 0 Å². The zero-order valence-corrected chi connectivity index (χ0v) is 22.8. The van der Waals surface area contributed by atoms with E-state index in [1.165, 1.54) is 17.6 Å². The molecule has 0 radical (unpaired) electrons. The predicted molar refractivity (Wildman–Crippen MR) is 162 cm³/mol. The molecule has 1 aromatic heterocycles. The van der Waals surface area contributed by atoms with Crippen molar-refractivity contribution in [3.05, 3.63) is 148 Å². The molecule has 0 aliphatic rings. The van der Waals surface area contributed by atoms with Crippen molar-refractivity contribution < 1.29 is 19.1 Å². The standard InChI is InChI=1S/C33H27N3O4S/c37-32(29-14-7-8-15-30(29)35-33(38)31-16-9-17-41-31)36-34-21-26-18-27(39-22-24-10-3-1-4-11-24)20-28(19-26)40-23-25-12-5-2-6-13-25/h1-21H,22-23H2,(H,35,38)(H,36,37). The lowest BCUT2D eigenvalue weighted by atomic mass is 10.1. The largest absolute Gasteiger partial charge is 0.489 e. The van der Waals surface area contributed by atoms with E-state index >= 15 is 0 Å². The van der Waals surface area contributed by atoms with Crippen molar-refractivity contribution in [1.29, 1.82) is 0 Å². The van der Waals surface area contributed by atoms with Gasteiger partial charge < -0.3 is 14.8 Å². The van der Waals surface area contributed by atoms with E-state index in [1.54, 1.807) is 36.4 Å². The van der Waals surface area contributed by atoms with Crippen LogP contribution in [0.15, 0.2) is 126 Å². The first-order valence-corrected chi connectivity index (χ1v) is 13.8. The van der Waals surface area contributed by atoms with E-state index in [2.05, 4.69) is 15.8 Å². The van der Waals surface area contributed by atoms with Crippen LogP contribution in [-0.4, -0.2) is 18.0 Å². The van der Waals surface area contributed by atoms with E-state index in [-0.39, 0.29) is 5.91 Å². The highest BCUT2D eigenvalue weighted by Gasteiger charge is 2.14. The number of benzene rings is 4. The summed E-state index contributed by atoms with van der Waals surface area (Å²) in [5.74, 6) is 0.474. The Labute approximate surface area is 242 Å². The molecule has 2 N–H and O–H groups in total. The van der Waals surface area contributed by atoms with Gasteiger partial charge in [-0.2, -0.15) is 5.10 Å². The van der Waals surface area contributed by atoms with Gasteiger partial charge >= 0.3 is 0 Å². The molecule has 0 atom stereocenters. The zero-order valence-electron chi connectivity index (χ0n) is 22.0. The number of thiophene rings is 1. The molecule has 8 heteroatoms. The first kappa shape index (κ1) is 27.4. The maximum atomic E-state index is 13.0. The Kier molecular flexibility index (Phi) is 9.16. The Balaban J connectivity index is 1.29. The van der Waals surface area contributed by atoms with Gasteiger partial charge in [0.1, 0.15) is 24.7 Å². The number of hydrazone groups is 1. The summed E-state index contributed by atoms with van der Waals surface area (Å²) in [5.41, 5.74) is 5.99. The summed E-state index contributed by atoms with van der Waals surface area (Å²) in [6, 6.07) is 35.5. The summed E-state index contributed by atoms with van der Waals surface area (Å²) in [6.45, 7) is 0.786. The molecule has 41 heavy (non-hydrogen) atoms. The Morgan fingerprint density at radius 3 is 1.93 bits per heavy atom. The first-order valence-electron chi connectivity index (χ1n) is 12.9. The first-order chi connectivity index (χ1) is 20.1. The number of nitrogens with one attached hydrogen (secondary N) is 2. The molecule has 0 aliphatic carbocycles. The fourth-order valence-electron chi connectivity index (χ4n) is 3.92. The van der Waals surface area contributed by atoms with Gasteiger partial charge in [-0.15, -0.1) is 11.3 Å². The Hall–Kier alpha value is -5.21. The number of ether oxygens (including phenoxy) is 2. The number of carbonyl (C=O) groups excluding carboxylic acids is 2. The minimum atomic E-state index is -0.458. The highest BCUT2D eigenvalue weighted by Crippen LogP contribution is 2.24. The maximum Gasteiger partial charge on any atom is 0.273 e. The number of hydrogen-bond acceptors (Lipinski definition) is 6. The van der Waals surface area contributed by atoms with Crippen molar-refractivity contribution in [2.45, 2.75) is 13.2 Å². The number of amides is 2. The smallest absolute Gasteiger partial charge is 0.273 e. The molecule has 1 heterocycles. The molecule has 0 unspecified atom stereocenters. The third-order valence-corrected chi connectivity index (χ3v) is 6.81. The molecular formula is C33H27N3O4S. The molecule has 0 aliphatic heterocycles. The molecule has 0 saturated carbocycles. The van der Waals surface area contributed by atoms with Crippen LogP contribution in [0.5, 0.6) is 11.5 Å². The van der Waals surface area contributed by atoms with Gasteiger partial charge in [0.2, 0.25) is 0 Å². The van der Waals surface area contributed by atoms with Gasteiger partial charge in [-0.3, -0.25) is 9.59 Å². The summed E-state index contributed by atoms with van der Waals surface area (Å²) in [5, 5.41) is 8.78. The molecule has 0 bridgehead atoms. The number of nitrogens with zero attached hydrogens (tertiary/aromatic N) is 1. The van der Waals surface area contributed by atoms with Gasteiger partial charge in [0.05, 0.1) is 22.3 Å². The van der Waals surface area contributed by atoms with Crippen LogP contribution in [-0.2, 0) is 13.2 Å². The maximum absolute atomic E-state index is 13.0. The van der Waals surface area contributed by atoms with Gasteiger partial charge in [-0.1, -0.05) is 78.9 Å². The van der Waals surface area contributed by atoms with Crippen LogP contribution in [0.2, 0.25) is 0 Å². The average Bonchev–Trinajstić information content (AvgIpc) is 3.56. The number of carbonyl (C=O) groups is 2. The van der Waals surface area contributed by atoms with E-state index < -0.39 is 5.91 Å². The normalized spacial score (nSPS) is 10.7. The molecular weight excluding hydrogens is 534 g/mol. The fraction of sp³-hybridized carbons (Fsp3) is 0.0606. The molecule has 0 fully saturated rings. The minimum absolute atomic E-state index is 0.279. The van der Waals surface area contributed by atoms with Crippen molar-refractivity contribution >= 4 is 35.1 Å². The number of rotatable bonds is 11. The monoisotopic (exact) mass is 561 g/mol. The van der Waals surface area contributed by atoms with Crippen molar-refractivity contribution in [1.82, 2.24) is 5.43 Å². The Bertz CT molecular complexity index is 1560. The number of anilines is 1. The minimum Gasteiger partial charge on any atom is -0.489 e. The van der Waals surface area contributed by atoms with Crippen LogP contribution in [0.3, 0.4) is 0 Å². The fourth-order valence-corrected chi connectivity index (χ4v) is 4.54. The SMILES string of the molecule is O=C(Nc1ccccc1C(=O)NN=Cc1cc(OCc2ccccc2)cc(OCc2ccccc2)c1)c1cccs1. The second kappa shape index (κ2) is 13.7. The van der Waals surface area contributed by atoms with Crippen LogP contribution < -0.4 is 20.2 Å². The van der Waals surface area contributed by atoms with E-state index in [0.29, 0.717) is 46.4 Å². The molecule has 2 amide bonds. The van der Waals surface area contributed by atoms with Crippen molar-refractivity contribution in [2.75, 3.05) is 5.32 Å². The second-order valence-electron chi connectivity index (χ2n) is 8.96. The van der Waals surface area contributed by atoms with Gasteiger partial charge in [-0.25, -0.2) is 5.43 Å². The van der Waals surface area contributed by atoms with Gasteiger partial charge in [0.15, 0.2) is 0 Å². The zero-order chi connectivity index (χ0) is 28.3. The van der Waals surface area contributed by atoms with Crippen LogP contribution in [0.25, 0.3) is 0 Å². The topological polar surface area (TPSA) is 89.0 Å². The summed E-state index contributed by atoms with van der Waals surface area (Å²) in [4.78, 5) is 26.0. The predicted octanol–water partition coefficient (Wildman–Crippen LogP) is 6.92. The van der Waals surface area contributed by atoms with Gasteiger partial charge in [0, 0.05) is 11.6 Å². The second-order valence-corrected chi connectivity index (χ2v) is 9.91. The molecule has 7 nitrogen and oxygen atoms in total. The van der Waals surface area contributed by atoms with E-state index in [0.717, 1.165) is 11.1 Å². The van der Waals surface area contributed by atoms with Crippen molar-refractivity contribution in [3.63, 3.8) is 0 Å². The molecule has 5 aromatic rings. The lowest BCUT2D eigenvalue weighted by Crippen LogP contribution is -2.21. The highest BCUT2D eigenvalue weighted by atomic mass is 32.1. The third kappa shape index (κ3) is 7.90. The number of para-hydroxylation sites is 1. The molecule has 0 spiro atoms. The quantitative estimate of drug-likeness (QED) is 0.135.